The summed E-state index contributed by atoms with van der Waals surface area (Å²) in [5.74, 6) is 0.697. The largest absolute Gasteiger partial charge is 0.495 e. The summed E-state index contributed by atoms with van der Waals surface area (Å²) in [5, 5.41) is 3.95. The minimum atomic E-state index is 0.123. The van der Waals surface area contributed by atoms with Crippen molar-refractivity contribution in [1.29, 1.82) is 0 Å². The number of hydrogen-bond acceptors (Lipinski definition) is 2. The summed E-state index contributed by atoms with van der Waals surface area (Å²) in [6.45, 7) is 0. The predicted octanol–water partition coefficient (Wildman–Crippen LogP) is 4.26. The third-order valence-corrected chi connectivity index (χ3v) is 3.95. The predicted molar refractivity (Wildman–Crippen MR) is 88.1 cm³/mol. The lowest BCUT2D eigenvalue weighted by Gasteiger charge is -2.18. The van der Waals surface area contributed by atoms with Crippen LogP contribution in [-0.2, 0) is 0 Å². The molecular formula is C15H15ClINO. The van der Waals surface area contributed by atoms with Crippen molar-refractivity contribution in [3.8, 4) is 5.75 Å². The minimum absolute atomic E-state index is 0.123. The second kappa shape index (κ2) is 6.59. The first-order valence-corrected chi connectivity index (χ1v) is 7.37. The van der Waals surface area contributed by atoms with Crippen LogP contribution in [0.2, 0.25) is 5.02 Å². The highest BCUT2D eigenvalue weighted by Crippen LogP contribution is 2.30. The van der Waals surface area contributed by atoms with Gasteiger partial charge in [-0.25, -0.2) is 0 Å². The number of hydrogen-bond donors (Lipinski definition) is 1. The van der Waals surface area contributed by atoms with Crippen molar-refractivity contribution in [3.63, 3.8) is 0 Å². The number of rotatable bonds is 4. The zero-order valence-electron chi connectivity index (χ0n) is 10.8. The van der Waals surface area contributed by atoms with E-state index in [4.69, 9.17) is 16.3 Å². The van der Waals surface area contributed by atoms with Crippen molar-refractivity contribution >= 4 is 34.2 Å². The van der Waals surface area contributed by atoms with Crippen LogP contribution < -0.4 is 10.1 Å². The first-order valence-electron chi connectivity index (χ1n) is 5.92. The van der Waals surface area contributed by atoms with E-state index in [1.807, 2.05) is 25.2 Å². The average molecular weight is 388 g/mol. The molecule has 0 heterocycles. The quantitative estimate of drug-likeness (QED) is 0.792. The van der Waals surface area contributed by atoms with Gasteiger partial charge in [-0.2, -0.15) is 0 Å². The monoisotopic (exact) mass is 387 g/mol. The molecule has 2 aromatic rings. The van der Waals surface area contributed by atoms with Crippen LogP contribution in [0, 0.1) is 3.57 Å². The zero-order valence-corrected chi connectivity index (χ0v) is 13.7. The Morgan fingerprint density at radius 1 is 1.16 bits per heavy atom. The zero-order chi connectivity index (χ0) is 13.8. The molecular weight excluding hydrogens is 373 g/mol. The van der Waals surface area contributed by atoms with E-state index >= 15 is 0 Å². The molecule has 0 radical (unpaired) electrons. The van der Waals surface area contributed by atoms with E-state index in [9.17, 15) is 0 Å². The third kappa shape index (κ3) is 3.41. The van der Waals surface area contributed by atoms with Crippen molar-refractivity contribution in [2.75, 3.05) is 14.2 Å². The van der Waals surface area contributed by atoms with Gasteiger partial charge < -0.3 is 10.1 Å². The Kier molecular flexibility index (Phi) is 5.07. The van der Waals surface area contributed by atoms with E-state index < -0.39 is 0 Å². The molecule has 0 spiro atoms. The molecule has 0 aliphatic heterocycles. The molecule has 1 N–H and O–H groups in total. The Morgan fingerprint density at radius 3 is 2.47 bits per heavy atom. The lowest BCUT2D eigenvalue weighted by Crippen LogP contribution is -2.17. The maximum atomic E-state index is 6.20. The first-order chi connectivity index (χ1) is 9.15. The van der Waals surface area contributed by atoms with Gasteiger partial charge in [0.15, 0.2) is 0 Å². The standard InChI is InChI=1S/C15H15ClINO/c1-18-15(10-4-3-5-12(17)8-10)11-6-7-14(19-2)13(16)9-11/h3-9,15,18H,1-2H3. The third-order valence-electron chi connectivity index (χ3n) is 2.98. The number of ether oxygens (including phenoxy) is 1. The summed E-state index contributed by atoms with van der Waals surface area (Å²) in [7, 11) is 3.57. The number of nitrogens with one attached hydrogen (secondary N) is 1. The highest BCUT2D eigenvalue weighted by atomic mass is 127. The second-order valence-corrected chi connectivity index (χ2v) is 5.82. The maximum Gasteiger partial charge on any atom is 0.137 e. The first kappa shape index (κ1) is 14.6. The van der Waals surface area contributed by atoms with Gasteiger partial charge >= 0.3 is 0 Å². The van der Waals surface area contributed by atoms with Crippen LogP contribution in [0.25, 0.3) is 0 Å². The van der Waals surface area contributed by atoms with E-state index in [2.05, 4.69) is 52.2 Å². The van der Waals surface area contributed by atoms with Crippen LogP contribution in [-0.4, -0.2) is 14.2 Å². The molecule has 2 aromatic carbocycles. The smallest absolute Gasteiger partial charge is 0.137 e. The molecule has 0 bridgehead atoms. The van der Waals surface area contributed by atoms with Crippen LogP contribution in [0.3, 0.4) is 0 Å². The van der Waals surface area contributed by atoms with Gasteiger partial charge in [0.2, 0.25) is 0 Å². The fourth-order valence-corrected chi connectivity index (χ4v) is 2.91. The average Bonchev–Trinajstić information content (AvgIpc) is 2.40. The number of benzene rings is 2. The molecule has 19 heavy (non-hydrogen) atoms. The van der Waals surface area contributed by atoms with Crippen LogP contribution in [0.1, 0.15) is 17.2 Å². The number of halogens is 2. The van der Waals surface area contributed by atoms with Gasteiger partial charge in [0.05, 0.1) is 18.2 Å². The van der Waals surface area contributed by atoms with E-state index in [1.165, 1.54) is 9.13 Å². The minimum Gasteiger partial charge on any atom is -0.495 e. The summed E-state index contributed by atoms with van der Waals surface area (Å²) in [5.41, 5.74) is 2.34. The fourth-order valence-electron chi connectivity index (χ4n) is 2.07. The van der Waals surface area contributed by atoms with Gasteiger partial charge in [-0.1, -0.05) is 29.8 Å². The highest BCUT2D eigenvalue weighted by molar-refractivity contribution is 14.1. The summed E-state index contributed by atoms with van der Waals surface area (Å²) < 4.78 is 6.40. The molecule has 0 amide bonds. The van der Waals surface area contributed by atoms with Crippen LogP contribution >= 0.6 is 34.2 Å². The Bertz CT molecular complexity index is 574. The molecule has 0 saturated heterocycles. The molecule has 0 fully saturated rings. The molecule has 1 unspecified atom stereocenters. The Morgan fingerprint density at radius 2 is 1.89 bits per heavy atom. The lowest BCUT2D eigenvalue weighted by molar-refractivity contribution is 0.414. The van der Waals surface area contributed by atoms with Crippen LogP contribution in [0.5, 0.6) is 5.75 Å². The maximum absolute atomic E-state index is 6.20. The van der Waals surface area contributed by atoms with E-state index in [-0.39, 0.29) is 6.04 Å². The Labute approximate surface area is 132 Å². The molecule has 1 atom stereocenters. The van der Waals surface area contributed by atoms with Crippen molar-refractivity contribution in [3.05, 3.63) is 62.2 Å². The normalized spacial score (nSPS) is 12.2. The van der Waals surface area contributed by atoms with E-state index in [1.54, 1.807) is 7.11 Å². The molecule has 0 saturated carbocycles. The highest BCUT2D eigenvalue weighted by Gasteiger charge is 2.13. The molecule has 100 valence electrons. The Balaban J connectivity index is 2.39. The van der Waals surface area contributed by atoms with E-state index in [0.29, 0.717) is 10.8 Å². The van der Waals surface area contributed by atoms with Crippen LogP contribution in [0.4, 0.5) is 0 Å². The molecule has 2 nitrogen and oxygen atoms in total. The molecule has 4 heteroatoms. The Hall–Kier alpha value is -0.780. The van der Waals surface area contributed by atoms with Gasteiger partial charge in [-0.15, -0.1) is 0 Å². The van der Waals surface area contributed by atoms with Gasteiger partial charge in [0, 0.05) is 3.57 Å². The van der Waals surface area contributed by atoms with Gasteiger partial charge in [-0.05, 0) is 65.0 Å². The molecule has 0 aliphatic carbocycles. The van der Waals surface area contributed by atoms with Crippen LogP contribution in [0.15, 0.2) is 42.5 Å². The molecule has 0 aliphatic rings. The molecule has 0 aromatic heterocycles. The summed E-state index contributed by atoms with van der Waals surface area (Å²) in [4.78, 5) is 0. The lowest BCUT2D eigenvalue weighted by atomic mass is 9.99. The van der Waals surface area contributed by atoms with Crippen molar-refractivity contribution in [2.45, 2.75) is 6.04 Å². The van der Waals surface area contributed by atoms with Crippen molar-refractivity contribution < 1.29 is 4.74 Å². The summed E-state index contributed by atoms with van der Waals surface area (Å²) in [6, 6.07) is 14.4. The van der Waals surface area contributed by atoms with Crippen molar-refractivity contribution in [1.82, 2.24) is 5.32 Å². The van der Waals surface area contributed by atoms with E-state index in [0.717, 1.165) is 5.56 Å². The van der Waals surface area contributed by atoms with Crippen molar-refractivity contribution in [2.24, 2.45) is 0 Å². The van der Waals surface area contributed by atoms with Gasteiger partial charge in [0.25, 0.3) is 0 Å². The number of methoxy groups -OCH3 is 1. The summed E-state index contributed by atoms with van der Waals surface area (Å²) >= 11 is 8.51. The molecule has 2 rings (SSSR count). The topological polar surface area (TPSA) is 21.3 Å². The second-order valence-electron chi connectivity index (χ2n) is 4.17. The SMILES string of the molecule is CNC(c1cccc(I)c1)c1ccc(OC)c(Cl)c1. The van der Waals surface area contributed by atoms with Gasteiger partial charge in [-0.3, -0.25) is 0 Å². The summed E-state index contributed by atoms with van der Waals surface area (Å²) in [6.07, 6.45) is 0. The van der Waals surface area contributed by atoms with Gasteiger partial charge in [0.1, 0.15) is 5.75 Å². The fraction of sp³-hybridized carbons (Fsp3) is 0.200.